The van der Waals surface area contributed by atoms with Crippen LogP contribution in [0, 0.1) is 0 Å². The van der Waals surface area contributed by atoms with Crippen LogP contribution in [0.5, 0.6) is 0 Å². The quantitative estimate of drug-likeness (QED) is 0.0196. The highest BCUT2D eigenvalue weighted by atomic mass is 16.7. The van der Waals surface area contributed by atoms with E-state index in [0.717, 1.165) is 77.0 Å². The Hall–Kier alpha value is -1.86. The number of esters is 1. The molecule has 11 heteroatoms. The van der Waals surface area contributed by atoms with E-state index in [-0.39, 0.29) is 18.5 Å². The van der Waals surface area contributed by atoms with Crippen LogP contribution in [0.4, 0.5) is 0 Å². The van der Waals surface area contributed by atoms with Crippen molar-refractivity contribution in [2.75, 3.05) is 19.8 Å². The highest BCUT2D eigenvalue weighted by Gasteiger charge is 2.44. The molecule has 1 rings (SSSR count). The minimum Gasteiger partial charge on any atom is -0.466 e. The molecule has 7 atom stereocenters. The molecule has 1 aliphatic heterocycles. The molecule has 0 aromatic heterocycles. The van der Waals surface area contributed by atoms with Crippen molar-refractivity contribution in [3.8, 4) is 0 Å². The van der Waals surface area contributed by atoms with E-state index in [4.69, 9.17) is 14.2 Å². The van der Waals surface area contributed by atoms with Crippen LogP contribution < -0.4 is 5.32 Å². The maximum atomic E-state index is 13.0. The van der Waals surface area contributed by atoms with Gasteiger partial charge in [-0.3, -0.25) is 9.59 Å². The number of allylic oxidation sites excluding steroid dienone is 3. The molecule has 1 fully saturated rings. The van der Waals surface area contributed by atoms with E-state index < -0.39 is 49.5 Å². The van der Waals surface area contributed by atoms with Crippen molar-refractivity contribution in [1.82, 2.24) is 5.32 Å². The van der Waals surface area contributed by atoms with E-state index in [2.05, 4.69) is 31.3 Å². The average molecular weight is 966 g/mol. The monoisotopic (exact) mass is 966 g/mol. The van der Waals surface area contributed by atoms with Gasteiger partial charge in [-0.1, -0.05) is 218 Å². The molecule has 1 aliphatic rings. The summed E-state index contributed by atoms with van der Waals surface area (Å²) in [5.74, 6) is -0.201. The first-order chi connectivity index (χ1) is 33.2. The number of ether oxygens (including phenoxy) is 3. The van der Waals surface area contributed by atoms with Gasteiger partial charge in [0, 0.05) is 12.8 Å². The van der Waals surface area contributed by atoms with Gasteiger partial charge in [0.05, 0.1) is 32.0 Å². The Morgan fingerprint density at radius 1 is 0.529 bits per heavy atom. The topological polar surface area (TPSA) is 175 Å². The predicted molar refractivity (Wildman–Crippen MR) is 278 cm³/mol. The van der Waals surface area contributed by atoms with E-state index in [1.807, 2.05) is 6.08 Å². The molecule has 400 valence electrons. The maximum Gasteiger partial charge on any atom is 0.305 e. The zero-order valence-electron chi connectivity index (χ0n) is 43.8. The Morgan fingerprint density at radius 2 is 0.941 bits per heavy atom. The van der Waals surface area contributed by atoms with Crippen LogP contribution in [-0.4, -0.2) is 100 Å². The average Bonchev–Trinajstić information content (AvgIpc) is 3.33. The summed E-state index contributed by atoms with van der Waals surface area (Å²) in [5, 5.41) is 54.1. The number of hydrogen-bond donors (Lipinski definition) is 6. The number of carbonyl (C=O) groups excluding carboxylic acids is 2. The van der Waals surface area contributed by atoms with Gasteiger partial charge in [0.25, 0.3) is 0 Å². The molecule has 0 bridgehead atoms. The minimum atomic E-state index is -1.57. The first-order valence-electron chi connectivity index (χ1n) is 28.6. The van der Waals surface area contributed by atoms with Crippen LogP contribution >= 0.6 is 0 Å². The molecule has 0 saturated carbocycles. The number of aliphatic hydroxyl groups is 5. The van der Waals surface area contributed by atoms with Crippen molar-refractivity contribution in [3.05, 3.63) is 24.3 Å². The summed E-state index contributed by atoms with van der Waals surface area (Å²) in [5.41, 5.74) is 0. The van der Waals surface area contributed by atoms with E-state index in [1.165, 1.54) is 161 Å². The molecule has 1 amide bonds. The third-order valence-corrected chi connectivity index (χ3v) is 13.6. The summed E-state index contributed by atoms with van der Waals surface area (Å²) >= 11 is 0. The smallest absolute Gasteiger partial charge is 0.305 e. The van der Waals surface area contributed by atoms with Crippen LogP contribution in [0.15, 0.2) is 24.3 Å². The van der Waals surface area contributed by atoms with Crippen molar-refractivity contribution in [2.24, 2.45) is 0 Å². The van der Waals surface area contributed by atoms with E-state index in [1.54, 1.807) is 6.08 Å². The van der Waals surface area contributed by atoms with Crippen LogP contribution in [0.2, 0.25) is 0 Å². The van der Waals surface area contributed by atoms with Gasteiger partial charge in [0.15, 0.2) is 6.29 Å². The number of rotatable bonds is 49. The normalized spacial score (nSPS) is 19.5. The molecule has 0 radical (unpaired) electrons. The number of carbonyl (C=O) groups is 2. The zero-order valence-corrected chi connectivity index (χ0v) is 43.8. The lowest BCUT2D eigenvalue weighted by molar-refractivity contribution is -0.302. The Balaban J connectivity index is 2.06. The number of amides is 1. The van der Waals surface area contributed by atoms with E-state index in [0.29, 0.717) is 19.4 Å². The molecule has 7 unspecified atom stereocenters. The molecule has 6 N–H and O–H groups in total. The fourth-order valence-electron chi connectivity index (χ4n) is 8.96. The Kier molecular flexibility index (Phi) is 44.8. The molecule has 0 aromatic rings. The summed E-state index contributed by atoms with van der Waals surface area (Å²) in [6.45, 7) is 4.30. The Bertz CT molecular complexity index is 1180. The van der Waals surface area contributed by atoms with Gasteiger partial charge in [-0.05, 0) is 57.8 Å². The van der Waals surface area contributed by atoms with Gasteiger partial charge >= 0.3 is 5.97 Å². The third kappa shape index (κ3) is 37.0. The Morgan fingerprint density at radius 3 is 1.41 bits per heavy atom. The van der Waals surface area contributed by atoms with Crippen molar-refractivity contribution >= 4 is 11.9 Å². The van der Waals surface area contributed by atoms with Crippen molar-refractivity contribution in [2.45, 2.75) is 307 Å². The summed E-state index contributed by atoms with van der Waals surface area (Å²) in [4.78, 5) is 25.0. The highest BCUT2D eigenvalue weighted by molar-refractivity contribution is 5.76. The number of hydrogen-bond acceptors (Lipinski definition) is 10. The summed E-state index contributed by atoms with van der Waals surface area (Å²) in [6, 6.07) is -0.814. The highest BCUT2D eigenvalue weighted by Crippen LogP contribution is 2.23. The molecule has 1 heterocycles. The zero-order chi connectivity index (χ0) is 49.6. The van der Waals surface area contributed by atoms with Gasteiger partial charge in [0.2, 0.25) is 5.91 Å². The third-order valence-electron chi connectivity index (χ3n) is 13.6. The van der Waals surface area contributed by atoms with E-state index in [9.17, 15) is 35.1 Å². The minimum absolute atomic E-state index is 0.00830. The van der Waals surface area contributed by atoms with Crippen LogP contribution in [-0.2, 0) is 23.8 Å². The van der Waals surface area contributed by atoms with Gasteiger partial charge in [-0.2, -0.15) is 0 Å². The molecule has 11 nitrogen and oxygen atoms in total. The number of nitrogens with one attached hydrogen (secondary N) is 1. The maximum absolute atomic E-state index is 13.0. The fraction of sp³-hybridized carbons (Fsp3) is 0.895. The predicted octanol–water partition coefficient (Wildman–Crippen LogP) is 12.6. The van der Waals surface area contributed by atoms with Gasteiger partial charge in [0.1, 0.15) is 24.4 Å². The summed E-state index contributed by atoms with van der Waals surface area (Å²) < 4.78 is 16.6. The second kappa shape index (κ2) is 47.5. The van der Waals surface area contributed by atoms with Gasteiger partial charge in [-0.25, -0.2) is 0 Å². The molecule has 0 aliphatic carbocycles. The molecule has 0 aromatic carbocycles. The number of aliphatic hydroxyl groups excluding tert-OH is 5. The first kappa shape index (κ1) is 64.2. The lowest BCUT2D eigenvalue weighted by atomic mass is 9.99. The van der Waals surface area contributed by atoms with Gasteiger partial charge in [-0.15, -0.1) is 0 Å². The lowest BCUT2D eigenvalue weighted by Gasteiger charge is -2.40. The van der Waals surface area contributed by atoms with Crippen molar-refractivity contribution < 1.29 is 49.3 Å². The SMILES string of the molecule is CCCCCCCCC/C=C/C(O)C(COC1OC(CO)C(O)C(O)C1O)NC(=O)CCCCCCCCC/C=C\CCCCCCCCCCCOC(=O)CCCCCCCCCCCCC. The molecule has 1 saturated heterocycles. The van der Waals surface area contributed by atoms with Crippen LogP contribution in [0.1, 0.15) is 264 Å². The van der Waals surface area contributed by atoms with Crippen molar-refractivity contribution in [1.29, 1.82) is 0 Å². The molecular formula is C57H107NO10. The second-order valence-electron chi connectivity index (χ2n) is 20.0. The summed E-state index contributed by atoms with van der Waals surface area (Å²) in [7, 11) is 0. The molecule has 68 heavy (non-hydrogen) atoms. The molecule has 0 spiro atoms. The number of unbranched alkanes of at least 4 members (excludes halogenated alkanes) is 33. The second-order valence-corrected chi connectivity index (χ2v) is 20.0. The van der Waals surface area contributed by atoms with Gasteiger partial charge < -0.3 is 45.1 Å². The van der Waals surface area contributed by atoms with Crippen LogP contribution in [0.3, 0.4) is 0 Å². The Labute approximate surface area is 416 Å². The van der Waals surface area contributed by atoms with E-state index >= 15 is 0 Å². The first-order valence-corrected chi connectivity index (χ1v) is 28.6. The largest absolute Gasteiger partial charge is 0.466 e. The standard InChI is InChI=1S/C57H107NO10/c1-3-5-7-9-11-13-24-29-33-37-41-45-53(62)66-46-42-38-34-30-26-23-21-19-17-15-14-16-18-20-22-25-28-32-36-40-44-52(61)58-49(50(60)43-39-35-31-27-12-10-8-6-4-2)48-67-57-56(65)55(64)54(63)51(47-59)68-57/h14,16,39,43,49-51,54-57,59-60,63-65H,3-13,15,17-38,40-42,44-48H2,1-2H3,(H,58,61)/b16-14-,43-39+. The van der Waals surface area contributed by atoms with Crippen molar-refractivity contribution in [3.63, 3.8) is 0 Å². The summed E-state index contributed by atoms with van der Waals surface area (Å²) in [6.07, 6.45) is 45.6. The molecular weight excluding hydrogens is 859 g/mol. The lowest BCUT2D eigenvalue weighted by Crippen LogP contribution is -2.60. The fourth-order valence-corrected chi connectivity index (χ4v) is 8.96. The van der Waals surface area contributed by atoms with Crippen LogP contribution in [0.25, 0.3) is 0 Å².